The van der Waals surface area contributed by atoms with Gasteiger partial charge in [-0.25, -0.2) is 0 Å². The van der Waals surface area contributed by atoms with Gasteiger partial charge in [0.25, 0.3) is 5.91 Å². The maximum absolute atomic E-state index is 12.5. The van der Waals surface area contributed by atoms with E-state index in [0.717, 1.165) is 5.56 Å². The number of ketones is 2. The summed E-state index contributed by atoms with van der Waals surface area (Å²) in [6, 6.07) is 4.60. The molecule has 0 spiro atoms. The van der Waals surface area contributed by atoms with Crippen molar-refractivity contribution < 1.29 is 19.2 Å². The first-order chi connectivity index (χ1) is 10.5. The van der Waals surface area contributed by atoms with Gasteiger partial charge in [0.05, 0.1) is 12.5 Å². The Morgan fingerprint density at radius 2 is 2.05 bits per heavy atom. The van der Waals surface area contributed by atoms with Crippen LogP contribution >= 0.6 is 0 Å². The van der Waals surface area contributed by atoms with E-state index in [-0.39, 0.29) is 36.3 Å². The molecule has 3 rings (SSSR count). The van der Waals surface area contributed by atoms with Gasteiger partial charge in [-0.15, -0.1) is 0 Å². The van der Waals surface area contributed by atoms with E-state index in [1.165, 1.54) is 11.8 Å². The van der Waals surface area contributed by atoms with Crippen molar-refractivity contribution in [3.63, 3.8) is 0 Å². The monoisotopic (exact) mass is 300 g/mol. The van der Waals surface area contributed by atoms with Crippen molar-refractivity contribution in [3.05, 3.63) is 29.3 Å². The number of hydrogen-bond donors (Lipinski definition) is 1. The molecule has 1 aromatic rings. The zero-order chi connectivity index (χ0) is 15.9. The fourth-order valence-electron chi connectivity index (χ4n) is 3.10. The van der Waals surface area contributed by atoms with Crippen LogP contribution in [-0.2, 0) is 20.9 Å². The van der Waals surface area contributed by atoms with Crippen molar-refractivity contribution in [2.24, 2.45) is 0 Å². The summed E-state index contributed by atoms with van der Waals surface area (Å²) in [5, 5.41) is 2.71. The molecule has 1 saturated carbocycles. The lowest BCUT2D eigenvalue weighted by atomic mass is 9.92. The maximum Gasteiger partial charge on any atom is 0.255 e. The molecule has 2 amide bonds. The highest BCUT2D eigenvalue weighted by Gasteiger charge is 2.39. The van der Waals surface area contributed by atoms with E-state index in [9.17, 15) is 19.2 Å². The number of nitrogens with zero attached hydrogens (tertiary/aromatic N) is 1. The van der Waals surface area contributed by atoms with Crippen LogP contribution in [0.5, 0.6) is 0 Å². The topological polar surface area (TPSA) is 83.6 Å². The first kappa shape index (κ1) is 14.4. The number of carbonyl (C=O) groups excluding carboxylic acids is 4. The molecule has 1 fully saturated rings. The van der Waals surface area contributed by atoms with Gasteiger partial charge in [0.1, 0.15) is 5.78 Å². The summed E-state index contributed by atoms with van der Waals surface area (Å²) in [4.78, 5) is 48.7. The van der Waals surface area contributed by atoms with Crippen LogP contribution in [0.3, 0.4) is 0 Å². The van der Waals surface area contributed by atoms with Crippen LogP contribution in [-0.4, -0.2) is 34.3 Å². The Morgan fingerprint density at radius 1 is 1.27 bits per heavy atom. The van der Waals surface area contributed by atoms with Crippen LogP contribution in [0.4, 0.5) is 5.69 Å². The van der Waals surface area contributed by atoms with E-state index in [0.29, 0.717) is 24.1 Å². The van der Waals surface area contributed by atoms with E-state index < -0.39 is 6.04 Å². The summed E-state index contributed by atoms with van der Waals surface area (Å²) >= 11 is 0. The minimum Gasteiger partial charge on any atom is -0.326 e. The fourth-order valence-corrected chi connectivity index (χ4v) is 3.10. The van der Waals surface area contributed by atoms with E-state index >= 15 is 0 Å². The summed E-state index contributed by atoms with van der Waals surface area (Å²) < 4.78 is 0. The second-order valence-electron chi connectivity index (χ2n) is 5.68. The minimum absolute atomic E-state index is 0.0654. The van der Waals surface area contributed by atoms with Crippen LogP contribution in [0.15, 0.2) is 18.2 Å². The molecule has 1 N–H and O–H groups in total. The zero-order valence-electron chi connectivity index (χ0n) is 12.2. The Kier molecular flexibility index (Phi) is 3.52. The number of benzene rings is 1. The maximum atomic E-state index is 12.5. The van der Waals surface area contributed by atoms with Crippen molar-refractivity contribution >= 4 is 29.1 Å². The number of Topliss-reactive ketones (excluding diaryl/α,β-unsaturated/α-hetero) is 2. The number of amides is 2. The number of nitrogens with one attached hydrogen (secondary N) is 1. The summed E-state index contributed by atoms with van der Waals surface area (Å²) in [5.41, 5.74) is 1.84. The highest BCUT2D eigenvalue weighted by Crippen LogP contribution is 2.33. The van der Waals surface area contributed by atoms with Crippen LogP contribution in [0, 0.1) is 0 Å². The van der Waals surface area contributed by atoms with E-state index in [1.807, 2.05) is 0 Å². The van der Waals surface area contributed by atoms with Crippen molar-refractivity contribution in [3.8, 4) is 0 Å². The normalized spacial score (nSPS) is 21.0. The number of rotatable bonds is 2. The average molecular weight is 300 g/mol. The van der Waals surface area contributed by atoms with Gasteiger partial charge in [-0.3, -0.25) is 19.2 Å². The molecular weight excluding hydrogens is 284 g/mol. The Hall–Kier alpha value is -2.50. The second kappa shape index (κ2) is 5.36. The molecule has 1 aliphatic heterocycles. The van der Waals surface area contributed by atoms with E-state index in [1.54, 1.807) is 18.2 Å². The Morgan fingerprint density at radius 3 is 2.73 bits per heavy atom. The zero-order valence-corrected chi connectivity index (χ0v) is 12.2. The van der Waals surface area contributed by atoms with Gasteiger partial charge >= 0.3 is 0 Å². The molecule has 0 aromatic heterocycles. The van der Waals surface area contributed by atoms with Gasteiger partial charge in [0.2, 0.25) is 5.91 Å². The van der Waals surface area contributed by atoms with Gasteiger partial charge in [-0.2, -0.15) is 0 Å². The number of carbonyl (C=O) groups is 4. The molecule has 6 heteroatoms. The van der Waals surface area contributed by atoms with E-state index in [4.69, 9.17) is 0 Å². The fraction of sp³-hybridized carbons (Fsp3) is 0.375. The molecule has 22 heavy (non-hydrogen) atoms. The lowest BCUT2D eigenvalue weighted by Crippen LogP contribution is -2.44. The van der Waals surface area contributed by atoms with Gasteiger partial charge in [0.15, 0.2) is 5.78 Å². The Balaban J connectivity index is 1.89. The predicted octanol–water partition coefficient (Wildman–Crippen LogP) is 1.29. The van der Waals surface area contributed by atoms with Crippen molar-refractivity contribution in [2.75, 3.05) is 5.32 Å². The highest BCUT2D eigenvalue weighted by molar-refractivity contribution is 6.08. The third kappa shape index (κ3) is 2.41. The SMILES string of the molecule is CC(=O)Nc1cccc2c1CN(C1CCC(=O)CC1=O)C2=O. The third-order valence-corrected chi connectivity index (χ3v) is 4.12. The number of hydrogen-bond acceptors (Lipinski definition) is 4. The lowest BCUT2D eigenvalue weighted by Gasteiger charge is -2.29. The Bertz CT molecular complexity index is 695. The average Bonchev–Trinajstić information content (AvgIpc) is 2.77. The largest absolute Gasteiger partial charge is 0.326 e. The van der Waals surface area contributed by atoms with Crippen LogP contribution < -0.4 is 5.32 Å². The quantitative estimate of drug-likeness (QED) is 0.834. The third-order valence-electron chi connectivity index (χ3n) is 4.12. The molecule has 1 unspecified atom stereocenters. The molecule has 6 nitrogen and oxygen atoms in total. The highest BCUT2D eigenvalue weighted by atomic mass is 16.2. The molecule has 114 valence electrons. The first-order valence-corrected chi connectivity index (χ1v) is 7.22. The smallest absolute Gasteiger partial charge is 0.255 e. The molecule has 0 bridgehead atoms. The van der Waals surface area contributed by atoms with Crippen LogP contribution in [0.25, 0.3) is 0 Å². The van der Waals surface area contributed by atoms with Gasteiger partial charge in [-0.1, -0.05) is 6.07 Å². The molecule has 1 aliphatic carbocycles. The molecule has 2 aliphatic rings. The van der Waals surface area contributed by atoms with Crippen LogP contribution in [0.2, 0.25) is 0 Å². The molecule has 1 atom stereocenters. The molecule has 0 saturated heterocycles. The van der Waals surface area contributed by atoms with Gasteiger partial charge in [-0.05, 0) is 18.6 Å². The lowest BCUT2D eigenvalue weighted by molar-refractivity contribution is -0.133. The van der Waals surface area contributed by atoms with Crippen molar-refractivity contribution in [1.82, 2.24) is 4.90 Å². The summed E-state index contributed by atoms with van der Waals surface area (Å²) in [7, 11) is 0. The van der Waals surface area contributed by atoms with Gasteiger partial charge in [0, 0.05) is 36.7 Å². The summed E-state index contributed by atoms with van der Waals surface area (Å²) in [5.74, 6) is -0.684. The number of fused-ring (bicyclic) bond motifs is 1. The Labute approximate surface area is 127 Å². The van der Waals surface area contributed by atoms with Gasteiger partial charge < -0.3 is 10.2 Å². The van der Waals surface area contributed by atoms with Crippen molar-refractivity contribution in [2.45, 2.75) is 38.8 Å². The summed E-state index contributed by atoms with van der Waals surface area (Å²) in [6.45, 7) is 1.69. The van der Waals surface area contributed by atoms with Crippen molar-refractivity contribution in [1.29, 1.82) is 0 Å². The molecule has 1 aromatic carbocycles. The molecule has 1 heterocycles. The second-order valence-corrected chi connectivity index (χ2v) is 5.68. The summed E-state index contributed by atoms with van der Waals surface area (Å²) in [6.07, 6.45) is 0.616. The molecule has 0 radical (unpaired) electrons. The number of anilines is 1. The van der Waals surface area contributed by atoms with Crippen LogP contribution in [0.1, 0.15) is 42.1 Å². The molecular formula is C16H16N2O4. The standard InChI is InChI=1S/C16H16N2O4/c1-9(19)17-13-4-2-3-11-12(13)8-18(16(11)22)14-6-5-10(20)7-15(14)21/h2-4,14H,5-8H2,1H3,(H,17,19). The predicted molar refractivity (Wildman–Crippen MR) is 78.3 cm³/mol. The first-order valence-electron chi connectivity index (χ1n) is 7.22. The minimum atomic E-state index is -0.539. The van der Waals surface area contributed by atoms with E-state index in [2.05, 4.69) is 5.32 Å².